The Morgan fingerprint density at radius 3 is 1.61 bits per heavy atom. The van der Waals surface area contributed by atoms with E-state index in [-0.39, 0.29) is 16.5 Å². The lowest BCUT2D eigenvalue weighted by atomic mass is 10.00. The van der Waals surface area contributed by atoms with Crippen LogP contribution in [0, 0.1) is 0 Å². The maximum Gasteiger partial charge on any atom is 0.143 e. The van der Waals surface area contributed by atoms with Gasteiger partial charge in [0, 0.05) is 55.4 Å². The molecular weight excluding hydrogens is 693 g/mol. The molecule has 9 aromatic carbocycles. The predicted molar refractivity (Wildman–Crippen MR) is 239 cm³/mol. The van der Waals surface area contributed by atoms with Crippen molar-refractivity contribution < 1.29 is 25.0 Å². The molecule has 11 aromatic rings. The Bertz CT molecular complexity index is 4000. The summed E-state index contributed by atoms with van der Waals surface area (Å²) < 4.78 is 143. The second kappa shape index (κ2) is 13.6. The third kappa shape index (κ3) is 5.60. The zero-order valence-electron chi connectivity index (χ0n) is 44.9. The monoisotopic (exact) mass is 743 g/mol. The second-order valence-electron chi connectivity index (χ2n) is 13.4. The molecule has 268 valence electrons. The Morgan fingerprint density at radius 1 is 0.386 bits per heavy atom. The third-order valence-corrected chi connectivity index (χ3v) is 10.1. The van der Waals surface area contributed by atoms with Crippen LogP contribution in [0.3, 0.4) is 0 Å². The maximum absolute atomic E-state index is 9.58. The normalized spacial score (nSPS) is 15.2. The van der Waals surface area contributed by atoms with Crippen LogP contribution in [-0.4, -0.2) is 4.57 Å². The van der Waals surface area contributed by atoms with Gasteiger partial charge in [-0.15, -0.1) is 0 Å². The first-order valence-electron chi connectivity index (χ1n) is 25.7. The Balaban J connectivity index is 1.08. The Morgan fingerprint density at radius 2 is 0.965 bits per heavy atom. The van der Waals surface area contributed by atoms with Crippen molar-refractivity contribution in [2.24, 2.45) is 0 Å². The zero-order valence-corrected chi connectivity index (χ0v) is 29.9. The minimum atomic E-state index is -0.745. The highest BCUT2D eigenvalue weighted by atomic mass is 16.3. The van der Waals surface area contributed by atoms with Crippen molar-refractivity contribution in [3.63, 3.8) is 0 Å². The largest absolute Gasteiger partial charge is 0.455 e. The third-order valence-electron chi connectivity index (χ3n) is 10.1. The van der Waals surface area contributed by atoms with Crippen molar-refractivity contribution in [1.82, 2.24) is 4.57 Å². The first-order chi connectivity index (χ1) is 34.5. The maximum atomic E-state index is 9.58. The van der Waals surface area contributed by atoms with Gasteiger partial charge in [0.25, 0.3) is 0 Å². The lowest BCUT2D eigenvalue weighted by Gasteiger charge is -2.26. The van der Waals surface area contributed by atoms with E-state index in [4.69, 9.17) is 18.1 Å². The van der Waals surface area contributed by atoms with E-state index in [9.17, 15) is 6.85 Å². The van der Waals surface area contributed by atoms with Crippen LogP contribution in [0.2, 0.25) is 0 Å². The average Bonchev–Trinajstić information content (AvgIpc) is 3.96. The molecule has 3 heteroatoms. The summed E-state index contributed by atoms with van der Waals surface area (Å²) >= 11 is 0. The molecule has 2 aromatic heterocycles. The van der Waals surface area contributed by atoms with Gasteiger partial charge in [-0.05, 0) is 82.9 Å². The summed E-state index contributed by atoms with van der Waals surface area (Å²) in [6, 6.07) is 30.7. The van der Waals surface area contributed by atoms with Crippen LogP contribution in [0.4, 0.5) is 17.1 Å². The van der Waals surface area contributed by atoms with E-state index in [1.807, 2.05) is 60.7 Å². The number of benzene rings is 9. The molecule has 0 bridgehead atoms. The summed E-state index contributed by atoms with van der Waals surface area (Å²) in [6.45, 7) is 0. The summed E-state index contributed by atoms with van der Waals surface area (Å²) in [5.74, 6) is 0. The average molecular weight is 744 g/mol. The van der Waals surface area contributed by atoms with Gasteiger partial charge in [0.05, 0.1) is 31.6 Å². The lowest BCUT2D eigenvalue weighted by Crippen LogP contribution is -2.09. The molecule has 0 unspecified atom stereocenters. The summed E-state index contributed by atoms with van der Waals surface area (Å²) in [7, 11) is 0. The smallest absolute Gasteiger partial charge is 0.143 e. The van der Waals surface area contributed by atoms with Crippen molar-refractivity contribution in [3.8, 4) is 39.1 Å². The number of anilines is 3. The molecule has 0 saturated carbocycles. The molecule has 0 spiro atoms. The molecule has 0 N–H and O–H groups in total. The van der Waals surface area contributed by atoms with Gasteiger partial charge >= 0.3 is 0 Å². The Hall–Kier alpha value is -7.62. The van der Waals surface area contributed by atoms with Crippen LogP contribution in [0.15, 0.2) is 222 Å². The van der Waals surface area contributed by atoms with Crippen LogP contribution < -0.4 is 4.90 Å². The molecule has 0 fully saturated rings. The van der Waals surface area contributed by atoms with Crippen LogP contribution in [-0.2, 0) is 0 Å². The number of hydrogen-bond acceptors (Lipinski definition) is 2. The molecule has 11 rings (SSSR count). The first-order valence-corrected chi connectivity index (χ1v) is 18.2. The predicted octanol–water partition coefficient (Wildman–Crippen LogP) is 15.2. The molecule has 0 radical (unpaired) electrons. The van der Waals surface area contributed by atoms with Crippen molar-refractivity contribution in [3.05, 3.63) is 218 Å². The SMILES string of the molecule is [2H]c1c([2H])c([2H])c(-c2c([2H])c([2H])c([2H])c3c2oc2c(-c4c([2H])c([2H])c(N(c5ccccc5)c5ccc(-c6cccc(-n7c8ccccc8c8ccccc87)c6)cc5)c([2H])c4[2H])c([2H])c([2H])c([2H])c23)c([2H])c1[2H]. The minimum absolute atomic E-state index is 0.147. The van der Waals surface area contributed by atoms with Gasteiger partial charge in [0.2, 0.25) is 0 Å². The highest BCUT2D eigenvalue weighted by Crippen LogP contribution is 2.42. The van der Waals surface area contributed by atoms with Gasteiger partial charge in [0.1, 0.15) is 11.2 Å². The van der Waals surface area contributed by atoms with Crippen LogP contribution >= 0.6 is 0 Å². The van der Waals surface area contributed by atoms with Crippen molar-refractivity contribution in [2.75, 3.05) is 4.90 Å². The first kappa shape index (κ1) is 20.9. The molecule has 3 nitrogen and oxygen atoms in total. The molecule has 2 heterocycles. The molecule has 0 aliphatic heterocycles. The molecule has 57 heavy (non-hydrogen) atoms. The van der Waals surface area contributed by atoms with Crippen molar-refractivity contribution in [2.45, 2.75) is 0 Å². The van der Waals surface area contributed by atoms with Crippen LogP contribution in [0.25, 0.3) is 82.8 Å². The van der Waals surface area contributed by atoms with Gasteiger partial charge in [-0.3, -0.25) is 0 Å². The molecule has 0 atom stereocenters. The van der Waals surface area contributed by atoms with Crippen molar-refractivity contribution in [1.29, 1.82) is 0 Å². The fraction of sp³-hybridized carbons (Fsp3) is 0. The highest BCUT2D eigenvalue weighted by Gasteiger charge is 2.18. The Kier molecular flexibility index (Phi) is 4.98. The van der Waals surface area contributed by atoms with Gasteiger partial charge in [-0.2, -0.15) is 0 Å². The summed E-state index contributed by atoms with van der Waals surface area (Å²) in [5, 5.41) is 1.61. The van der Waals surface area contributed by atoms with E-state index >= 15 is 0 Å². The molecule has 0 amide bonds. The topological polar surface area (TPSA) is 21.3 Å². The highest BCUT2D eigenvalue weighted by molar-refractivity contribution is 6.13. The standard InChI is InChI=1S/C54H36N2O/c1-3-14-38(15-4-1)45-22-12-24-49-50-25-13-23-46(54(50)57-53(45)49)39-30-34-43(35-31-39)55(41-17-5-2-6-18-41)42-32-28-37(29-33-42)40-16-11-19-44(36-40)56-51-26-9-7-20-47(51)48-21-8-10-27-52(48)56/h1-36H/i1D,3D,4D,12D,13D,14D,15D,22D,23D,24D,25D,30D,31D,34D,35D. The summed E-state index contributed by atoms with van der Waals surface area (Å²) in [6.07, 6.45) is 0. The number of fused-ring (bicyclic) bond motifs is 6. The summed E-state index contributed by atoms with van der Waals surface area (Å²) in [4.78, 5) is 1.59. The van der Waals surface area contributed by atoms with Gasteiger partial charge in [0.15, 0.2) is 0 Å². The van der Waals surface area contributed by atoms with E-state index in [2.05, 4.69) is 41.0 Å². The number of hydrogen-bond donors (Lipinski definition) is 0. The van der Waals surface area contributed by atoms with E-state index in [1.165, 1.54) is 0 Å². The number of para-hydroxylation sites is 5. The van der Waals surface area contributed by atoms with Crippen molar-refractivity contribution >= 4 is 60.8 Å². The van der Waals surface area contributed by atoms with E-state index in [0.29, 0.717) is 11.4 Å². The quantitative estimate of drug-likeness (QED) is 0.162. The minimum Gasteiger partial charge on any atom is -0.455 e. The van der Waals surface area contributed by atoms with Gasteiger partial charge < -0.3 is 13.9 Å². The number of aromatic nitrogens is 1. The Labute approximate surface area is 352 Å². The number of furan rings is 1. The molecular formula is C54H36N2O. The van der Waals surface area contributed by atoms with E-state index in [0.717, 1.165) is 38.6 Å². The molecule has 0 aliphatic rings. The van der Waals surface area contributed by atoms with Crippen LogP contribution in [0.5, 0.6) is 0 Å². The van der Waals surface area contributed by atoms with E-state index in [1.54, 1.807) is 35.2 Å². The molecule has 0 aliphatic carbocycles. The fourth-order valence-corrected chi connectivity index (χ4v) is 7.53. The van der Waals surface area contributed by atoms with Gasteiger partial charge in [-0.1, -0.05) is 157 Å². The van der Waals surface area contributed by atoms with E-state index < -0.39 is 124 Å². The fourth-order valence-electron chi connectivity index (χ4n) is 7.53. The molecule has 0 saturated heterocycles. The lowest BCUT2D eigenvalue weighted by molar-refractivity contribution is 0.671. The summed E-state index contributed by atoms with van der Waals surface area (Å²) in [5.41, 5.74) is 2.90. The van der Waals surface area contributed by atoms with Crippen LogP contribution in [0.1, 0.15) is 20.6 Å². The second-order valence-corrected chi connectivity index (χ2v) is 13.4. The number of nitrogens with zero attached hydrogens (tertiary/aromatic N) is 2. The zero-order chi connectivity index (χ0) is 50.8. The number of rotatable bonds is 7. The van der Waals surface area contributed by atoms with Gasteiger partial charge in [-0.25, -0.2) is 0 Å².